The number of nitrogens with zero attached hydrogens (tertiary/aromatic N) is 2. The predicted molar refractivity (Wildman–Crippen MR) is 165 cm³/mol. The van der Waals surface area contributed by atoms with Crippen LogP contribution in [-0.4, -0.2) is 50.5 Å². The van der Waals surface area contributed by atoms with E-state index in [-0.39, 0.29) is 49.9 Å². The number of anilines is 1. The summed E-state index contributed by atoms with van der Waals surface area (Å²) in [5.74, 6) is -0.689. The monoisotopic (exact) mass is 681 g/mol. The van der Waals surface area contributed by atoms with Crippen LogP contribution in [0.5, 0.6) is 0 Å². The van der Waals surface area contributed by atoms with Crippen LogP contribution < -0.4 is 9.62 Å². The average Bonchev–Trinajstić information content (AvgIpc) is 2.96. The number of halogens is 4. The Hall–Kier alpha value is -3.38. The van der Waals surface area contributed by atoms with Gasteiger partial charge in [-0.2, -0.15) is 13.2 Å². The topological polar surface area (TPSA) is 86.8 Å². The van der Waals surface area contributed by atoms with Gasteiger partial charge in [-0.05, 0) is 54.3 Å². The van der Waals surface area contributed by atoms with Gasteiger partial charge in [0.1, 0.15) is 6.04 Å². The van der Waals surface area contributed by atoms with Crippen molar-refractivity contribution >= 4 is 43.5 Å². The van der Waals surface area contributed by atoms with Gasteiger partial charge in [0.2, 0.25) is 21.8 Å². The average molecular weight is 683 g/mol. The SMILES string of the molecule is CCCNC(=O)[C@H](Cc1ccccc1)N(Cc1ccc(Br)cc1)C(=O)CCCN(c1cccc(C(F)(F)F)c1)S(C)(=O)=O. The first-order valence-electron chi connectivity index (χ1n) is 13.8. The van der Waals surface area contributed by atoms with Crippen LogP contribution in [0, 0.1) is 0 Å². The van der Waals surface area contributed by atoms with E-state index in [9.17, 15) is 31.2 Å². The van der Waals surface area contributed by atoms with Crippen LogP contribution in [0.2, 0.25) is 0 Å². The molecule has 0 heterocycles. The maximum absolute atomic E-state index is 13.8. The molecular formula is C31H35BrF3N3O4S. The number of alkyl halides is 3. The molecule has 232 valence electrons. The molecule has 12 heteroatoms. The van der Waals surface area contributed by atoms with Crippen molar-refractivity contribution in [1.82, 2.24) is 10.2 Å². The zero-order valence-corrected chi connectivity index (χ0v) is 26.4. The zero-order chi connectivity index (χ0) is 31.6. The van der Waals surface area contributed by atoms with Gasteiger partial charge in [0.25, 0.3) is 0 Å². The fourth-order valence-electron chi connectivity index (χ4n) is 4.55. The van der Waals surface area contributed by atoms with E-state index in [4.69, 9.17) is 0 Å². The zero-order valence-electron chi connectivity index (χ0n) is 24.0. The van der Waals surface area contributed by atoms with E-state index in [0.29, 0.717) is 13.0 Å². The summed E-state index contributed by atoms with van der Waals surface area (Å²) in [7, 11) is -3.96. The quantitative estimate of drug-likeness (QED) is 0.220. The summed E-state index contributed by atoms with van der Waals surface area (Å²) in [6.45, 7) is 2.27. The second kappa shape index (κ2) is 15.4. The van der Waals surface area contributed by atoms with Gasteiger partial charge in [-0.15, -0.1) is 0 Å². The molecule has 0 bridgehead atoms. The highest BCUT2D eigenvalue weighted by atomic mass is 79.9. The number of carbonyl (C=O) groups excluding carboxylic acids is 2. The van der Waals surface area contributed by atoms with Crippen LogP contribution in [0.15, 0.2) is 83.3 Å². The smallest absolute Gasteiger partial charge is 0.354 e. The van der Waals surface area contributed by atoms with Crippen molar-refractivity contribution < 1.29 is 31.2 Å². The number of amides is 2. The van der Waals surface area contributed by atoms with Gasteiger partial charge in [-0.25, -0.2) is 8.42 Å². The first-order chi connectivity index (χ1) is 20.3. The molecule has 0 fully saturated rings. The summed E-state index contributed by atoms with van der Waals surface area (Å²) in [5, 5.41) is 2.90. The number of carbonyl (C=O) groups is 2. The molecule has 0 aromatic heterocycles. The Morgan fingerprint density at radius 2 is 1.63 bits per heavy atom. The molecule has 0 saturated heterocycles. The molecule has 0 aliphatic heterocycles. The minimum Gasteiger partial charge on any atom is -0.354 e. The lowest BCUT2D eigenvalue weighted by molar-refractivity contribution is -0.141. The molecule has 0 spiro atoms. The van der Waals surface area contributed by atoms with E-state index in [1.807, 2.05) is 61.5 Å². The van der Waals surface area contributed by atoms with Crippen LogP contribution in [0.4, 0.5) is 18.9 Å². The third-order valence-corrected chi connectivity index (χ3v) is 8.42. The number of sulfonamides is 1. The number of nitrogens with one attached hydrogen (secondary N) is 1. The highest BCUT2D eigenvalue weighted by Crippen LogP contribution is 2.32. The van der Waals surface area contributed by atoms with Crippen LogP contribution >= 0.6 is 15.9 Å². The summed E-state index contributed by atoms with van der Waals surface area (Å²) in [4.78, 5) is 28.7. The van der Waals surface area contributed by atoms with Crippen molar-refractivity contribution in [1.29, 1.82) is 0 Å². The Morgan fingerprint density at radius 3 is 2.23 bits per heavy atom. The summed E-state index contributed by atoms with van der Waals surface area (Å²) in [6.07, 6.45) is -2.88. The molecule has 0 saturated carbocycles. The van der Waals surface area contributed by atoms with Crippen molar-refractivity contribution in [3.05, 3.63) is 100 Å². The Balaban J connectivity index is 1.88. The van der Waals surface area contributed by atoms with E-state index in [2.05, 4.69) is 21.2 Å². The lowest BCUT2D eigenvalue weighted by Gasteiger charge is -2.32. The van der Waals surface area contributed by atoms with Gasteiger partial charge in [-0.1, -0.05) is 71.4 Å². The van der Waals surface area contributed by atoms with E-state index in [1.54, 1.807) is 0 Å². The van der Waals surface area contributed by atoms with Crippen molar-refractivity contribution in [2.75, 3.05) is 23.7 Å². The van der Waals surface area contributed by atoms with Crippen LogP contribution in [0.3, 0.4) is 0 Å². The third-order valence-electron chi connectivity index (χ3n) is 6.70. The number of rotatable bonds is 14. The van der Waals surface area contributed by atoms with Crippen molar-refractivity contribution in [3.63, 3.8) is 0 Å². The first-order valence-corrected chi connectivity index (χ1v) is 16.4. The second-order valence-electron chi connectivity index (χ2n) is 10.1. The minimum absolute atomic E-state index is 0.0215. The summed E-state index contributed by atoms with van der Waals surface area (Å²) in [6, 6.07) is 19.9. The lowest BCUT2D eigenvalue weighted by Crippen LogP contribution is -2.50. The van der Waals surface area contributed by atoms with Gasteiger partial charge in [0.05, 0.1) is 17.5 Å². The third kappa shape index (κ3) is 10.4. The van der Waals surface area contributed by atoms with Crippen molar-refractivity contribution in [2.45, 2.75) is 51.4 Å². The summed E-state index contributed by atoms with van der Waals surface area (Å²) < 4.78 is 66.7. The number of hydrogen-bond donors (Lipinski definition) is 1. The second-order valence-corrected chi connectivity index (χ2v) is 13.0. The number of hydrogen-bond acceptors (Lipinski definition) is 4. The van der Waals surface area contributed by atoms with Gasteiger partial charge < -0.3 is 10.2 Å². The first kappa shape index (κ1) is 34.1. The molecule has 0 unspecified atom stereocenters. The fraction of sp³-hybridized carbons (Fsp3) is 0.355. The molecule has 2 amide bonds. The largest absolute Gasteiger partial charge is 0.416 e. The molecule has 0 radical (unpaired) electrons. The Bertz CT molecular complexity index is 1470. The van der Waals surface area contributed by atoms with Crippen LogP contribution in [0.25, 0.3) is 0 Å². The Labute approximate surface area is 259 Å². The van der Waals surface area contributed by atoms with Gasteiger partial charge >= 0.3 is 6.18 Å². The maximum atomic E-state index is 13.8. The predicted octanol–water partition coefficient (Wildman–Crippen LogP) is 6.18. The molecule has 3 aromatic carbocycles. The summed E-state index contributed by atoms with van der Waals surface area (Å²) in [5.41, 5.74) is 0.537. The lowest BCUT2D eigenvalue weighted by atomic mass is 10.0. The summed E-state index contributed by atoms with van der Waals surface area (Å²) >= 11 is 3.40. The van der Waals surface area contributed by atoms with Crippen LogP contribution in [0.1, 0.15) is 42.9 Å². The molecule has 0 aliphatic carbocycles. The van der Waals surface area contributed by atoms with Crippen LogP contribution in [-0.2, 0) is 38.8 Å². The Kier molecular flexibility index (Phi) is 12.2. The number of benzene rings is 3. The molecule has 7 nitrogen and oxygen atoms in total. The van der Waals surface area contributed by atoms with Crippen molar-refractivity contribution in [2.24, 2.45) is 0 Å². The normalized spacial score (nSPS) is 12.4. The fourth-order valence-corrected chi connectivity index (χ4v) is 5.77. The highest BCUT2D eigenvalue weighted by Gasteiger charge is 2.32. The highest BCUT2D eigenvalue weighted by molar-refractivity contribution is 9.10. The van der Waals surface area contributed by atoms with Crippen molar-refractivity contribution in [3.8, 4) is 0 Å². The van der Waals surface area contributed by atoms with Gasteiger partial charge in [0, 0.05) is 36.9 Å². The molecule has 3 rings (SSSR count). The Morgan fingerprint density at radius 1 is 0.953 bits per heavy atom. The molecule has 43 heavy (non-hydrogen) atoms. The molecule has 1 atom stereocenters. The maximum Gasteiger partial charge on any atom is 0.416 e. The van der Waals surface area contributed by atoms with E-state index < -0.39 is 27.8 Å². The van der Waals surface area contributed by atoms with E-state index in [0.717, 1.165) is 44.4 Å². The molecular weight excluding hydrogens is 647 g/mol. The van der Waals surface area contributed by atoms with E-state index in [1.165, 1.54) is 11.0 Å². The molecule has 3 aromatic rings. The molecule has 0 aliphatic rings. The van der Waals surface area contributed by atoms with Gasteiger partial charge in [0.15, 0.2) is 0 Å². The minimum atomic E-state index is -4.64. The van der Waals surface area contributed by atoms with E-state index >= 15 is 0 Å². The standard InChI is InChI=1S/C31H35BrF3N3O4S/c1-3-18-36-30(40)28(20-23-9-5-4-6-10-23)37(22-24-14-16-26(32)17-15-24)29(39)13-8-19-38(43(2,41)42)27-12-7-11-25(21-27)31(33,34)35/h4-7,9-12,14-17,21,28H,3,8,13,18-20,22H2,1-2H3,(H,36,40)/t28-/m0/s1. The van der Waals surface area contributed by atoms with Gasteiger partial charge in [-0.3, -0.25) is 13.9 Å². The molecule has 1 N–H and O–H groups in total.